The maximum atomic E-state index is 6.25. The van der Waals surface area contributed by atoms with Gasteiger partial charge in [-0.3, -0.25) is 0 Å². The molecule has 0 heterocycles. The van der Waals surface area contributed by atoms with E-state index in [4.69, 9.17) is 15.7 Å². The second kappa shape index (κ2) is 3.82. The summed E-state index contributed by atoms with van der Waals surface area (Å²) < 4.78 is 0. The Morgan fingerprint density at radius 1 is 0.875 bits per heavy atom. The SMILES string of the molecule is [B]CC1CCC12CCCC1(CCC1[B])CC2. The molecule has 0 N–H and O–H groups in total. The summed E-state index contributed by atoms with van der Waals surface area (Å²) in [5.41, 5.74) is 1.20. The Labute approximate surface area is 103 Å². The fourth-order valence-corrected chi connectivity index (χ4v) is 4.66. The van der Waals surface area contributed by atoms with Crippen molar-refractivity contribution in [2.45, 2.75) is 69.9 Å². The minimum absolute atomic E-state index is 0.513. The number of rotatable bonds is 1. The highest BCUT2D eigenvalue weighted by atomic mass is 14.5. The zero-order valence-electron chi connectivity index (χ0n) is 10.4. The highest BCUT2D eigenvalue weighted by Crippen LogP contribution is 2.64. The summed E-state index contributed by atoms with van der Waals surface area (Å²) in [5, 5.41) is 0. The quantitative estimate of drug-likeness (QED) is 0.581. The van der Waals surface area contributed by atoms with Crippen LogP contribution in [0.25, 0.3) is 0 Å². The smallest absolute Gasteiger partial charge is 0.0707 e. The molecule has 3 fully saturated rings. The van der Waals surface area contributed by atoms with Crippen LogP contribution in [0.3, 0.4) is 0 Å². The van der Waals surface area contributed by atoms with Crippen LogP contribution in [0.5, 0.6) is 0 Å². The molecule has 3 saturated carbocycles. The van der Waals surface area contributed by atoms with Gasteiger partial charge in [0, 0.05) is 0 Å². The lowest BCUT2D eigenvalue weighted by Gasteiger charge is -2.52. The minimum atomic E-state index is 0.513. The summed E-state index contributed by atoms with van der Waals surface area (Å²) in [4.78, 5) is 0. The lowest BCUT2D eigenvalue weighted by Crippen LogP contribution is -2.41. The molecular formula is C14H22B2. The predicted octanol–water partition coefficient (Wildman–Crippen LogP) is 3.67. The van der Waals surface area contributed by atoms with Gasteiger partial charge >= 0.3 is 0 Å². The van der Waals surface area contributed by atoms with Crippen LogP contribution in [0.1, 0.15) is 57.8 Å². The van der Waals surface area contributed by atoms with Gasteiger partial charge in [-0.1, -0.05) is 31.4 Å². The van der Waals surface area contributed by atoms with Crippen LogP contribution in [0, 0.1) is 16.7 Å². The van der Waals surface area contributed by atoms with Crippen molar-refractivity contribution in [3.63, 3.8) is 0 Å². The van der Waals surface area contributed by atoms with E-state index in [2.05, 4.69) is 0 Å². The van der Waals surface area contributed by atoms with Crippen LogP contribution < -0.4 is 0 Å². The van der Waals surface area contributed by atoms with Crippen LogP contribution >= 0.6 is 0 Å². The van der Waals surface area contributed by atoms with Crippen LogP contribution in [-0.4, -0.2) is 15.7 Å². The van der Waals surface area contributed by atoms with Gasteiger partial charge in [0.25, 0.3) is 0 Å². The van der Waals surface area contributed by atoms with Gasteiger partial charge in [0.2, 0.25) is 0 Å². The Bertz CT molecular complexity index is 276. The molecule has 0 aromatic heterocycles. The first kappa shape index (κ1) is 11.2. The summed E-state index contributed by atoms with van der Waals surface area (Å²) >= 11 is 0. The van der Waals surface area contributed by atoms with Crippen molar-refractivity contribution in [2.75, 3.05) is 0 Å². The molecule has 0 aromatic carbocycles. The average Bonchev–Trinajstić information content (AvgIpc) is 2.49. The lowest BCUT2D eigenvalue weighted by molar-refractivity contribution is 0.0168. The van der Waals surface area contributed by atoms with E-state index in [9.17, 15) is 0 Å². The Morgan fingerprint density at radius 2 is 1.56 bits per heavy atom. The molecule has 3 rings (SSSR count). The Balaban J connectivity index is 1.69. The van der Waals surface area contributed by atoms with E-state index >= 15 is 0 Å². The highest BCUT2D eigenvalue weighted by Gasteiger charge is 2.51. The van der Waals surface area contributed by atoms with Gasteiger partial charge < -0.3 is 0 Å². The van der Waals surface area contributed by atoms with E-state index < -0.39 is 0 Å². The van der Waals surface area contributed by atoms with Crippen molar-refractivity contribution < 1.29 is 0 Å². The Morgan fingerprint density at radius 3 is 2.06 bits per heavy atom. The number of hydrogen-bond donors (Lipinski definition) is 0. The maximum absolute atomic E-state index is 6.25. The summed E-state index contributed by atoms with van der Waals surface area (Å²) in [6.07, 6.45) is 13.5. The molecule has 4 unspecified atom stereocenters. The van der Waals surface area contributed by atoms with E-state index in [1.165, 1.54) is 57.8 Å². The Kier molecular flexibility index (Phi) is 2.68. The third kappa shape index (κ3) is 1.44. The highest BCUT2D eigenvalue weighted by molar-refractivity contribution is 6.12. The van der Waals surface area contributed by atoms with E-state index in [1.807, 2.05) is 0 Å². The van der Waals surface area contributed by atoms with Gasteiger partial charge in [-0.25, -0.2) is 0 Å². The summed E-state index contributed by atoms with van der Waals surface area (Å²) in [6, 6.07) is 0. The zero-order chi connectivity index (χ0) is 11.2. The topological polar surface area (TPSA) is 0 Å². The fraction of sp³-hybridized carbons (Fsp3) is 1.00. The molecule has 0 saturated heterocycles. The summed E-state index contributed by atoms with van der Waals surface area (Å²) in [6.45, 7) is 0. The van der Waals surface area contributed by atoms with Gasteiger partial charge in [-0.15, -0.1) is 0 Å². The van der Waals surface area contributed by atoms with Gasteiger partial charge in [0.1, 0.15) is 0 Å². The van der Waals surface area contributed by atoms with E-state index in [0.29, 0.717) is 16.6 Å². The largest absolute Gasteiger partial charge is 0.0854 e. The molecule has 0 bridgehead atoms. The third-order valence-electron chi connectivity index (χ3n) is 6.35. The van der Waals surface area contributed by atoms with Crippen molar-refractivity contribution in [1.82, 2.24) is 0 Å². The second-order valence-corrected chi connectivity index (χ2v) is 6.69. The molecule has 3 aliphatic rings. The molecule has 2 heteroatoms. The third-order valence-corrected chi connectivity index (χ3v) is 6.35. The summed E-state index contributed by atoms with van der Waals surface area (Å²) in [7, 11) is 12.2. The molecule has 0 amide bonds. The van der Waals surface area contributed by atoms with Crippen LogP contribution in [0.2, 0.25) is 12.1 Å². The standard InChI is InChI=1S/C14H22B2/c15-10-11-2-6-13(11)4-1-5-14(9-8-13)7-3-12(14)16/h11-12H,1-10H2. The van der Waals surface area contributed by atoms with Gasteiger partial charge in [-0.05, 0) is 55.3 Å². The average molecular weight is 212 g/mol. The normalized spacial score (nSPS) is 52.0. The van der Waals surface area contributed by atoms with Crippen LogP contribution in [-0.2, 0) is 0 Å². The van der Waals surface area contributed by atoms with E-state index in [-0.39, 0.29) is 0 Å². The van der Waals surface area contributed by atoms with Crippen molar-refractivity contribution >= 4 is 15.7 Å². The molecule has 4 radical (unpaired) electrons. The monoisotopic (exact) mass is 212 g/mol. The second-order valence-electron chi connectivity index (χ2n) is 6.69. The first-order valence-electron chi connectivity index (χ1n) is 7.16. The van der Waals surface area contributed by atoms with Crippen molar-refractivity contribution in [2.24, 2.45) is 16.7 Å². The van der Waals surface area contributed by atoms with Gasteiger partial charge in [-0.2, -0.15) is 0 Å². The van der Waals surface area contributed by atoms with E-state index in [0.717, 1.165) is 12.2 Å². The molecule has 0 aliphatic heterocycles. The number of hydrogen-bond acceptors (Lipinski definition) is 0. The minimum Gasteiger partial charge on any atom is -0.0854 e. The lowest BCUT2D eigenvalue weighted by atomic mass is 9.48. The molecule has 3 aliphatic carbocycles. The first-order chi connectivity index (χ1) is 7.71. The predicted molar refractivity (Wildman–Crippen MR) is 70.0 cm³/mol. The molecule has 2 spiro atoms. The Hall–Kier alpha value is 0.130. The van der Waals surface area contributed by atoms with Gasteiger partial charge in [0.05, 0.1) is 15.7 Å². The molecule has 16 heavy (non-hydrogen) atoms. The molecule has 0 aromatic rings. The molecule has 84 valence electrons. The van der Waals surface area contributed by atoms with Crippen molar-refractivity contribution in [1.29, 1.82) is 0 Å². The van der Waals surface area contributed by atoms with Crippen LogP contribution in [0.4, 0.5) is 0 Å². The fourth-order valence-electron chi connectivity index (χ4n) is 4.66. The molecular weight excluding hydrogens is 190 g/mol. The maximum Gasteiger partial charge on any atom is 0.0707 e. The van der Waals surface area contributed by atoms with Crippen molar-refractivity contribution in [3.8, 4) is 0 Å². The molecule has 0 nitrogen and oxygen atoms in total. The summed E-state index contributed by atoms with van der Waals surface area (Å²) in [5.74, 6) is 1.35. The van der Waals surface area contributed by atoms with Crippen LogP contribution in [0.15, 0.2) is 0 Å². The van der Waals surface area contributed by atoms with Gasteiger partial charge in [0.15, 0.2) is 0 Å². The first-order valence-corrected chi connectivity index (χ1v) is 7.16. The molecule has 4 atom stereocenters. The zero-order valence-corrected chi connectivity index (χ0v) is 10.4. The van der Waals surface area contributed by atoms with Crippen molar-refractivity contribution in [3.05, 3.63) is 0 Å². The van der Waals surface area contributed by atoms with E-state index in [1.54, 1.807) is 0 Å².